The molecule has 0 fully saturated rings. The Kier molecular flexibility index (Phi) is 4.83. The Morgan fingerprint density at radius 2 is 1.53 bits per heavy atom. The molecule has 1 heteroatoms. The topological polar surface area (TPSA) is 3.24 Å². The lowest BCUT2D eigenvalue weighted by molar-refractivity contribution is 0.402. The summed E-state index contributed by atoms with van der Waals surface area (Å²) in [6, 6.07) is 9.02. The summed E-state index contributed by atoms with van der Waals surface area (Å²) in [6.45, 7) is 5.59. The largest absolute Gasteiger partial charge is 0.305 e. The Bertz CT molecular complexity index is 272. The molecule has 0 bridgehead atoms. The van der Waals surface area contributed by atoms with Crippen molar-refractivity contribution in [3.05, 3.63) is 35.4 Å². The van der Waals surface area contributed by atoms with E-state index in [0.29, 0.717) is 0 Å². The lowest BCUT2D eigenvalue weighted by Crippen LogP contribution is -2.10. The summed E-state index contributed by atoms with van der Waals surface area (Å²) in [4.78, 5) is 2.20. The standard InChI is InChI=1S/C14H23N/c1-12(2)5-6-13-7-9-14(10-8-13)11-15(3)4/h7-10,12H,5-6,11H2,1-4H3. The van der Waals surface area contributed by atoms with Gasteiger partial charge in [0.15, 0.2) is 0 Å². The molecule has 0 aromatic heterocycles. The molecule has 1 aromatic rings. The third-order valence-electron chi connectivity index (χ3n) is 2.53. The zero-order valence-electron chi connectivity index (χ0n) is 10.5. The Labute approximate surface area is 94.1 Å². The zero-order valence-corrected chi connectivity index (χ0v) is 10.5. The van der Waals surface area contributed by atoms with Gasteiger partial charge in [-0.2, -0.15) is 0 Å². The van der Waals surface area contributed by atoms with Crippen LogP contribution in [-0.4, -0.2) is 19.0 Å². The highest BCUT2D eigenvalue weighted by Gasteiger charge is 1.98. The highest BCUT2D eigenvalue weighted by molar-refractivity contribution is 5.22. The van der Waals surface area contributed by atoms with Gasteiger partial charge in [0.25, 0.3) is 0 Å². The van der Waals surface area contributed by atoms with Gasteiger partial charge in [0.05, 0.1) is 0 Å². The summed E-state index contributed by atoms with van der Waals surface area (Å²) in [5.41, 5.74) is 2.86. The Morgan fingerprint density at radius 3 is 2.00 bits per heavy atom. The zero-order chi connectivity index (χ0) is 11.3. The summed E-state index contributed by atoms with van der Waals surface area (Å²) in [5.74, 6) is 0.798. The first kappa shape index (κ1) is 12.3. The smallest absolute Gasteiger partial charge is 0.0227 e. The summed E-state index contributed by atoms with van der Waals surface area (Å²) in [7, 11) is 4.21. The van der Waals surface area contributed by atoms with E-state index in [-0.39, 0.29) is 0 Å². The van der Waals surface area contributed by atoms with Crippen molar-refractivity contribution in [1.82, 2.24) is 4.90 Å². The van der Waals surface area contributed by atoms with Crippen molar-refractivity contribution in [2.24, 2.45) is 5.92 Å². The van der Waals surface area contributed by atoms with Crippen molar-refractivity contribution < 1.29 is 0 Å². The molecule has 0 atom stereocenters. The normalized spacial score (nSPS) is 11.3. The highest BCUT2D eigenvalue weighted by Crippen LogP contribution is 2.11. The van der Waals surface area contributed by atoms with E-state index in [2.05, 4.69) is 57.1 Å². The second kappa shape index (κ2) is 5.92. The minimum Gasteiger partial charge on any atom is -0.305 e. The van der Waals surface area contributed by atoms with E-state index >= 15 is 0 Å². The molecule has 0 aliphatic heterocycles. The van der Waals surface area contributed by atoms with Crippen LogP contribution in [0.25, 0.3) is 0 Å². The molecular weight excluding hydrogens is 182 g/mol. The van der Waals surface area contributed by atoms with Crippen LogP contribution in [0.4, 0.5) is 0 Å². The SMILES string of the molecule is CC(C)CCc1ccc(CN(C)C)cc1. The average Bonchev–Trinajstić information content (AvgIpc) is 2.16. The van der Waals surface area contributed by atoms with E-state index < -0.39 is 0 Å². The van der Waals surface area contributed by atoms with Crippen LogP contribution in [0.15, 0.2) is 24.3 Å². The van der Waals surface area contributed by atoms with Gasteiger partial charge in [-0.15, -0.1) is 0 Å². The molecule has 0 saturated carbocycles. The van der Waals surface area contributed by atoms with Crippen molar-refractivity contribution in [1.29, 1.82) is 0 Å². The van der Waals surface area contributed by atoms with Gasteiger partial charge in [-0.1, -0.05) is 38.1 Å². The molecule has 0 N–H and O–H groups in total. The molecule has 0 aliphatic rings. The van der Waals surface area contributed by atoms with Crippen LogP contribution in [0.1, 0.15) is 31.4 Å². The van der Waals surface area contributed by atoms with E-state index in [1.807, 2.05) is 0 Å². The number of hydrogen-bond acceptors (Lipinski definition) is 1. The van der Waals surface area contributed by atoms with Crippen LogP contribution < -0.4 is 0 Å². The summed E-state index contributed by atoms with van der Waals surface area (Å²) in [5, 5.41) is 0. The first-order chi connectivity index (χ1) is 7.08. The quantitative estimate of drug-likeness (QED) is 0.712. The number of aryl methyl sites for hydroxylation is 1. The molecule has 0 unspecified atom stereocenters. The maximum Gasteiger partial charge on any atom is 0.0227 e. The Balaban J connectivity index is 2.49. The minimum absolute atomic E-state index is 0.798. The van der Waals surface area contributed by atoms with Crippen LogP contribution in [-0.2, 0) is 13.0 Å². The Morgan fingerprint density at radius 1 is 1.00 bits per heavy atom. The van der Waals surface area contributed by atoms with Crippen LogP contribution in [0, 0.1) is 5.92 Å². The Hall–Kier alpha value is -0.820. The molecule has 1 nitrogen and oxygen atoms in total. The number of rotatable bonds is 5. The van der Waals surface area contributed by atoms with E-state index in [1.54, 1.807) is 0 Å². The summed E-state index contributed by atoms with van der Waals surface area (Å²) < 4.78 is 0. The molecule has 0 spiro atoms. The van der Waals surface area contributed by atoms with Gasteiger partial charge in [0, 0.05) is 6.54 Å². The molecule has 0 radical (unpaired) electrons. The predicted octanol–water partition coefficient (Wildman–Crippen LogP) is 3.34. The molecule has 0 saturated heterocycles. The molecule has 0 aliphatic carbocycles. The first-order valence-corrected chi connectivity index (χ1v) is 5.80. The maximum absolute atomic E-state index is 2.28. The van der Waals surface area contributed by atoms with E-state index in [0.717, 1.165) is 12.5 Å². The van der Waals surface area contributed by atoms with Crippen molar-refractivity contribution in [2.45, 2.75) is 33.2 Å². The lowest BCUT2D eigenvalue weighted by Gasteiger charge is -2.10. The molecule has 0 heterocycles. The third-order valence-corrected chi connectivity index (χ3v) is 2.53. The van der Waals surface area contributed by atoms with Gasteiger partial charge in [-0.25, -0.2) is 0 Å². The van der Waals surface area contributed by atoms with Crippen molar-refractivity contribution in [3.63, 3.8) is 0 Å². The number of benzene rings is 1. The predicted molar refractivity (Wildman–Crippen MR) is 67.0 cm³/mol. The van der Waals surface area contributed by atoms with Gasteiger partial charge < -0.3 is 4.90 Å². The maximum atomic E-state index is 2.28. The van der Waals surface area contributed by atoms with Crippen molar-refractivity contribution in [3.8, 4) is 0 Å². The van der Waals surface area contributed by atoms with E-state index in [4.69, 9.17) is 0 Å². The van der Waals surface area contributed by atoms with Crippen LogP contribution in [0.3, 0.4) is 0 Å². The monoisotopic (exact) mass is 205 g/mol. The minimum atomic E-state index is 0.798. The molecule has 1 aromatic carbocycles. The van der Waals surface area contributed by atoms with Gasteiger partial charge in [0.2, 0.25) is 0 Å². The van der Waals surface area contributed by atoms with Crippen molar-refractivity contribution >= 4 is 0 Å². The van der Waals surface area contributed by atoms with Crippen LogP contribution in [0.5, 0.6) is 0 Å². The van der Waals surface area contributed by atoms with Gasteiger partial charge >= 0.3 is 0 Å². The second-order valence-corrected chi connectivity index (χ2v) is 4.99. The van der Waals surface area contributed by atoms with Crippen molar-refractivity contribution in [2.75, 3.05) is 14.1 Å². The van der Waals surface area contributed by atoms with Crippen LogP contribution >= 0.6 is 0 Å². The fourth-order valence-electron chi connectivity index (χ4n) is 1.63. The first-order valence-electron chi connectivity index (χ1n) is 5.80. The third kappa shape index (κ3) is 4.98. The molecular formula is C14H23N. The number of nitrogens with zero attached hydrogens (tertiary/aromatic N) is 1. The molecule has 15 heavy (non-hydrogen) atoms. The van der Waals surface area contributed by atoms with E-state index in [1.165, 1.54) is 24.0 Å². The van der Waals surface area contributed by atoms with Gasteiger partial charge in [0.1, 0.15) is 0 Å². The second-order valence-electron chi connectivity index (χ2n) is 4.99. The van der Waals surface area contributed by atoms with Gasteiger partial charge in [-0.05, 0) is 44.0 Å². The summed E-state index contributed by atoms with van der Waals surface area (Å²) in [6.07, 6.45) is 2.49. The van der Waals surface area contributed by atoms with Gasteiger partial charge in [-0.3, -0.25) is 0 Å². The van der Waals surface area contributed by atoms with E-state index in [9.17, 15) is 0 Å². The number of hydrogen-bond donors (Lipinski definition) is 0. The molecule has 0 amide bonds. The fourth-order valence-corrected chi connectivity index (χ4v) is 1.63. The fraction of sp³-hybridized carbons (Fsp3) is 0.571. The van der Waals surface area contributed by atoms with Crippen LogP contribution in [0.2, 0.25) is 0 Å². The molecule has 84 valence electrons. The molecule has 1 rings (SSSR count). The summed E-state index contributed by atoms with van der Waals surface area (Å²) >= 11 is 0. The lowest BCUT2D eigenvalue weighted by atomic mass is 10.0. The highest BCUT2D eigenvalue weighted by atomic mass is 15.0. The average molecular weight is 205 g/mol.